The van der Waals surface area contributed by atoms with Crippen molar-refractivity contribution in [3.63, 3.8) is 0 Å². The van der Waals surface area contributed by atoms with Gasteiger partial charge in [0.15, 0.2) is 0 Å². The van der Waals surface area contributed by atoms with Crippen molar-refractivity contribution in [2.75, 3.05) is 39.3 Å². The molecule has 4 heteroatoms. The molecule has 1 saturated carbocycles. The number of amides is 1. The van der Waals surface area contributed by atoms with Gasteiger partial charge in [-0.1, -0.05) is 0 Å². The van der Waals surface area contributed by atoms with E-state index in [2.05, 4.69) is 15.5 Å². The third kappa shape index (κ3) is 3.27. The Morgan fingerprint density at radius 3 is 2.71 bits per heavy atom. The molecular formula is C10H19N3O. The number of carbonyl (C=O) groups is 1. The average Bonchev–Trinajstić information content (AvgIpc) is 3.00. The molecule has 1 saturated heterocycles. The summed E-state index contributed by atoms with van der Waals surface area (Å²) >= 11 is 0. The summed E-state index contributed by atoms with van der Waals surface area (Å²) in [4.78, 5) is 13.7. The zero-order chi connectivity index (χ0) is 9.80. The predicted octanol–water partition coefficient (Wildman–Crippen LogP) is -0.582. The van der Waals surface area contributed by atoms with Gasteiger partial charge in [0.2, 0.25) is 5.91 Å². The SMILES string of the molecule is O=C(CN1CCNCC1)NCC1CC1. The molecule has 0 spiro atoms. The molecule has 14 heavy (non-hydrogen) atoms. The Kier molecular flexibility index (Phi) is 3.37. The molecule has 0 aromatic rings. The van der Waals surface area contributed by atoms with Crippen molar-refractivity contribution in [3.05, 3.63) is 0 Å². The van der Waals surface area contributed by atoms with Crippen LogP contribution in [0.4, 0.5) is 0 Å². The fraction of sp³-hybridized carbons (Fsp3) is 0.900. The van der Waals surface area contributed by atoms with Gasteiger partial charge in [-0.15, -0.1) is 0 Å². The van der Waals surface area contributed by atoms with Gasteiger partial charge in [-0.05, 0) is 18.8 Å². The standard InChI is InChI=1S/C10H19N3O/c14-10(12-7-9-1-2-9)8-13-5-3-11-4-6-13/h9,11H,1-8H2,(H,12,14). The van der Waals surface area contributed by atoms with Gasteiger partial charge in [-0.25, -0.2) is 0 Å². The Morgan fingerprint density at radius 1 is 1.36 bits per heavy atom. The Bertz CT molecular complexity index is 198. The van der Waals surface area contributed by atoms with Crippen molar-refractivity contribution in [2.45, 2.75) is 12.8 Å². The largest absolute Gasteiger partial charge is 0.355 e. The number of hydrogen-bond acceptors (Lipinski definition) is 3. The lowest BCUT2D eigenvalue weighted by Crippen LogP contribution is -2.47. The first kappa shape index (κ1) is 9.93. The average molecular weight is 197 g/mol. The van der Waals surface area contributed by atoms with Gasteiger partial charge in [0, 0.05) is 32.7 Å². The van der Waals surface area contributed by atoms with Crippen LogP contribution in [0.1, 0.15) is 12.8 Å². The zero-order valence-corrected chi connectivity index (χ0v) is 8.59. The molecule has 0 radical (unpaired) electrons. The van der Waals surface area contributed by atoms with Crippen LogP contribution < -0.4 is 10.6 Å². The van der Waals surface area contributed by atoms with Crippen LogP contribution in [0.25, 0.3) is 0 Å². The van der Waals surface area contributed by atoms with Crippen molar-refractivity contribution >= 4 is 5.91 Å². The molecule has 1 heterocycles. The summed E-state index contributed by atoms with van der Waals surface area (Å²) in [5.41, 5.74) is 0. The second kappa shape index (κ2) is 4.75. The van der Waals surface area contributed by atoms with E-state index in [1.807, 2.05) is 0 Å². The molecule has 1 aliphatic carbocycles. The van der Waals surface area contributed by atoms with Gasteiger partial charge in [-0.2, -0.15) is 0 Å². The van der Waals surface area contributed by atoms with Gasteiger partial charge in [0.1, 0.15) is 0 Å². The maximum Gasteiger partial charge on any atom is 0.234 e. The highest BCUT2D eigenvalue weighted by molar-refractivity contribution is 5.78. The minimum Gasteiger partial charge on any atom is -0.355 e. The Morgan fingerprint density at radius 2 is 2.07 bits per heavy atom. The molecule has 0 atom stereocenters. The van der Waals surface area contributed by atoms with Crippen LogP contribution in [0, 0.1) is 5.92 Å². The van der Waals surface area contributed by atoms with Gasteiger partial charge in [0.25, 0.3) is 0 Å². The molecule has 0 aromatic heterocycles. The fourth-order valence-electron chi connectivity index (χ4n) is 1.71. The summed E-state index contributed by atoms with van der Waals surface area (Å²) in [6.45, 7) is 5.48. The van der Waals surface area contributed by atoms with E-state index in [-0.39, 0.29) is 5.91 Å². The number of piperazine rings is 1. The highest BCUT2D eigenvalue weighted by Crippen LogP contribution is 2.27. The van der Waals surface area contributed by atoms with E-state index < -0.39 is 0 Å². The molecule has 2 N–H and O–H groups in total. The van der Waals surface area contributed by atoms with Crippen LogP contribution in [-0.4, -0.2) is 50.1 Å². The van der Waals surface area contributed by atoms with Crippen LogP contribution in [-0.2, 0) is 4.79 Å². The first-order chi connectivity index (χ1) is 6.84. The summed E-state index contributed by atoms with van der Waals surface area (Å²) in [7, 11) is 0. The summed E-state index contributed by atoms with van der Waals surface area (Å²) in [5.74, 6) is 0.973. The smallest absolute Gasteiger partial charge is 0.234 e. The minimum atomic E-state index is 0.193. The second-order valence-corrected chi connectivity index (χ2v) is 4.27. The molecule has 4 nitrogen and oxygen atoms in total. The normalized spacial score (nSPS) is 23.4. The van der Waals surface area contributed by atoms with E-state index in [0.29, 0.717) is 6.54 Å². The topological polar surface area (TPSA) is 44.4 Å². The summed E-state index contributed by atoms with van der Waals surface area (Å²) in [6.07, 6.45) is 2.60. The van der Waals surface area contributed by atoms with Crippen LogP contribution in [0.15, 0.2) is 0 Å². The predicted molar refractivity (Wildman–Crippen MR) is 55.0 cm³/mol. The van der Waals surface area contributed by atoms with Crippen molar-refractivity contribution in [3.8, 4) is 0 Å². The molecule has 2 rings (SSSR count). The molecule has 0 bridgehead atoms. The quantitative estimate of drug-likeness (QED) is 0.633. The van der Waals surface area contributed by atoms with Crippen LogP contribution in [0.2, 0.25) is 0 Å². The van der Waals surface area contributed by atoms with Crippen LogP contribution >= 0.6 is 0 Å². The lowest BCUT2D eigenvalue weighted by atomic mass is 10.3. The molecule has 80 valence electrons. The van der Waals surface area contributed by atoms with E-state index in [0.717, 1.165) is 38.6 Å². The highest BCUT2D eigenvalue weighted by Gasteiger charge is 2.22. The second-order valence-electron chi connectivity index (χ2n) is 4.27. The van der Waals surface area contributed by atoms with Crippen molar-refractivity contribution < 1.29 is 4.79 Å². The van der Waals surface area contributed by atoms with Crippen molar-refractivity contribution in [1.82, 2.24) is 15.5 Å². The van der Waals surface area contributed by atoms with E-state index in [9.17, 15) is 4.79 Å². The molecule has 2 fully saturated rings. The number of nitrogens with one attached hydrogen (secondary N) is 2. The minimum absolute atomic E-state index is 0.193. The molecule has 0 unspecified atom stereocenters. The fourth-order valence-corrected chi connectivity index (χ4v) is 1.71. The first-order valence-electron chi connectivity index (χ1n) is 5.54. The monoisotopic (exact) mass is 197 g/mol. The number of carbonyl (C=O) groups excluding carboxylic acids is 1. The third-order valence-electron chi connectivity index (χ3n) is 2.86. The lowest BCUT2D eigenvalue weighted by Gasteiger charge is -2.26. The first-order valence-corrected chi connectivity index (χ1v) is 5.54. The van der Waals surface area contributed by atoms with Crippen molar-refractivity contribution in [1.29, 1.82) is 0 Å². The third-order valence-corrected chi connectivity index (χ3v) is 2.86. The molecule has 1 aliphatic heterocycles. The van der Waals surface area contributed by atoms with Crippen molar-refractivity contribution in [2.24, 2.45) is 5.92 Å². The van der Waals surface area contributed by atoms with E-state index in [1.165, 1.54) is 12.8 Å². The van der Waals surface area contributed by atoms with Gasteiger partial charge in [0.05, 0.1) is 6.54 Å². The Balaban J connectivity index is 1.59. The van der Waals surface area contributed by atoms with Gasteiger partial charge in [-0.3, -0.25) is 9.69 Å². The molecule has 0 aromatic carbocycles. The molecule has 2 aliphatic rings. The van der Waals surface area contributed by atoms with Crippen LogP contribution in [0.5, 0.6) is 0 Å². The van der Waals surface area contributed by atoms with Crippen LogP contribution in [0.3, 0.4) is 0 Å². The summed E-state index contributed by atoms with van der Waals surface area (Å²) < 4.78 is 0. The zero-order valence-electron chi connectivity index (χ0n) is 8.59. The maximum atomic E-state index is 11.5. The molecular weight excluding hydrogens is 178 g/mol. The highest BCUT2D eigenvalue weighted by atomic mass is 16.2. The lowest BCUT2D eigenvalue weighted by molar-refractivity contribution is -0.122. The van der Waals surface area contributed by atoms with E-state index in [1.54, 1.807) is 0 Å². The van der Waals surface area contributed by atoms with E-state index in [4.69, 9.17) is 0 Å². The summed E-state index contributed by atoms with van der Waals surface area (Å²) in [5, 5.41) is 6.27. The van der Waals surface area contributed by atoms with E-state index >= 15 is 0 Å². The Hall–Kier alpha value is -0.610. The Labute approximate surface area is 85.0 Å². The van der Waals surface area contributed by atoms with Gasteiger partial charge < -0.3 is 10.6 Å². The molecule has 1 amide bonds. The summed E-state index contributed by atoms with van der Waals surface area (Å²) in [6, 6.07) is 0. The van der Waals surface area contributed by atoms with Gasteiger partial charge >= 0.3 is 0 Å². The number of rotatable bonds is 4. The maximum absolute atomic E-state index is 11.5. The number of nitrogens with zero attached hydrogens (tertiary/aromatic N) is 1. The number of hydrogen-bond donors (Lipinski definition) is 2.